The van der Waals surface area contributed by atoms with Crippen LogP contribution in [-0.2, 0) is 22.7 Å². The molecule has 0 aliphatic heterocycles. The van der Waals surface area contributed by atoms with Gasteiger partial charge in [0.25, 0.3) is 11.4 Å². The zero-order chi connectivity index (χ0) is 31.9. The molecule has 6 aromatic rings. The lowest BCUT2D eigenvalue weighted by Crippen LogP contribution is -2.12. The van der Waals surface area contributed by atoms with Crippen LogP contribution in [0.25, 0.3) is 21.5 Å². The summed E-state index contributed by atoms with van der Waals surface area (Å²) < 4.78 is 31.6. The van der Waals surface area contributed by atoms with Crippen molar-refractivity contribution in [2.45, 2.75) is 22.6 Å². The predicted molar refractivity (Wildman–Crippen MR) is 181 cm³/mol. The number of nitrogens with zero attached hydrogens (tertiary/aromatic N) is 2. The summed E-state index contributed by atoms with van der Waals surface area (Å²) in [6, 6.07) is 30.4. The van der Waals surface area contributed by atoms with Crippen LogP contribution in [0.3, 0.4) is 0 Å². The van der Waals surface area contributed by atoms with Crippen LogP contribution in [-0.4, -0.2) is 18.3 Å². The average Bonchev–Trinajstić information content (AvgIpc) is 3.00. The number of hydrogen-bond donors (Lipinski definition) is 0. The maximum absolute atomic E-state index is 15.2. The lowest BCUT2D eigenvalue weighted by Gasteiger charge is -2.19. The number of nitro groups is 2. The van der Waals surface area contributed by atoms with Crippen molar-refractivity contribution in [3.05, 3.63) is 161 Å². The van der Waals surface area contributed by atoms with Gasteiger partial charge < -0.3 is 0 Å². The summed E-state index contributed by atoms with van der Waals surface area (Å²) in [6.07, 6.45) is -0.0429. The number of benzene rings is 6. The monoisotopic (exact) mass is 744 g/mol. The molecule has 0 atom stereocenters. The molecule has 0 heterocycles. The molecule has 0 amide bonds. The second-order valence-electron chi connectivity index (χ2n) is 10.5. The topological polar surface area (TPSA) is 120 Å². The van der Waals surface area contributed by atoms with Crippen LogP contribution in [0.2, 0.25) is 0 Å². The average molecular weight is 746 g/mol. The fourth-order valence-corrected chi connectivity index (χ4v) is 8.69. The van der Waals surface area contributed by atoms with Crippen LogP contribution in [0.15, 0.2) is 128 Å². The normalized spacial score (nSPS) is 11.6. The molecule has 0 fully saturated rings. The van der Waals surface area contributed by atoms with E-state index in [0.29, 0.717) is 52.7 Å². The van der Waals surface area contributed by atoms with Gasteiger partial charge in [-0.3, -0.25) is 20.2 Å². The minimum Gasteiger partial charge on any atom is -0.258 e. The number of hydrogen-bond acceptors (Lipinski definition) is 6. The highest BCUT2D eigenvalue weighted by molar-refractivity contribution is 9.10. The molecular weight excluding hydrogens is 724 g/mol. The molecule has 0 saturated heterocycles. The number of halogens is 2. The number of nitro benzene ring substituents is 2. The van der Waals surface area contributed by atoms with Crippen molar-refractivity contribution >= 4 is 74.6 Å². The molecule has 0 spiro atoms. The molecule has 0 radical (unpaired) electrons. The standard InChI is InChI=1S/C34H22Br2N2O6S/c35-27-13-15-31(37(39)40)25(19-27)17-23-11-9-21-5-1-3-7-29(21)33(23)45(43,44)34-24(12-10-22-6-2-4-8-30(22)34)18-26-20-28(36)14-16-32(26)38(41)42/h1-16,19-20H,17-18H2. The fraction of sp³-hybridized carbons (Fsp3) is 0.0588. The molecule has 0 unspecified atom stereocenters. The highest BCUT2D eigenvalue weighted by Gasteiger charge is 2.30. The van der Waals surface area contributed by atoms with E-state index < -0.39 is 19.7 Å². The Bertz CT molecular complexity index is 2130. The van der Waals surface area contributed by atoms with Crippen molar-refractivity contribution in [3.8, 4) is 0 Å². The van der Waals surface area contributed by atoms with E-state index in [4.69, 9.17) is 0 Å². The summed E-state index contributed by atoms with van der Waals surface area (Å²) in [5.74, 6) is 0. The van der Waals surface area contributed by atoms with Crippen molar-refractivity contribution < 1.29 is 18.3 Å². The summed E-state index contributed by atoms with van der Waals surface area (Å²) in [5, 5.41) is 26.2. The molecule has 45 heavy (non-hydrogen) atoms. The third-order valence-corrected chi connectivity index (χ3v) is 10.7. The van der Waals surface area contributed by atoms with Gasteiger partial charge in [-0.25, -0.2) is 8.42 Å². The fourth-order valence-electron chi connectivity index (χ4n) is 5.75. The second kappa shape index (κ2) is 12.2. The van der Waals surface area contributed by atoms with Crippen molar-refractivity contribution in [2.75, 3.05) is 0 Å². The molecule has 11 heteroatoms. The van der Waals surface area contributed by atoms with Crippen LogP contribution in [0.1, 0.15) is 22.3 Å². The minimum absolute atomic E-state index is 0.0215. The molecule has 0 aliphatic rings. The van der Waals surface area contributed by atoms with E-state index in [-0.39, 0.29) is 34.0 Å². The summed E-state index contributed by atoms with van der Waals surface area (Å²) in [7, 11) is -4.34. The van der Waals surface area contributed by atoms with E-state index in [0.717, 1.165) is 0 Å². The summed E-state index contributed by atoms with van der Waals surface area (Å²) in [5.41, 5.74) is 1.24. The largest absolute Gasteiger partial charge is 0.272 e. The Kier molecular flexibility index (Phi) is 8.25. The van der Waals surface area contributed by atoms with E-state index in [1.807, 2.05) is 36.4 Å². The van der Waals surface area contributed by atoms with Crippen molar-refractivity contribution in [1.29, 1.82) is 0 Å². The van der Waals surface area contributed by atoms with Gasteiger partial charge >= 0.3 is 0 Å². The second-order valence-corrected chi connectivity index (χ2v) is 14.1. The number of rotatable bonds is 8. The van der Waals surface area contributed by atoms with E-state index in [2.05, 4.69) is 31.9 Å². The minimum atomic E-state index is -4.34. The molecule has 6 aromatic carbocycles. The van der Waals surface area contributed by atoms with Gasteiger partial charge in [0.2, 0.25) is 9.84 Å². The van der Waals surface area contributed by atoms with Gasteiger partial charge in [-0.2, -0.15) is 0 Å². The van der Waals surface area contributed by atoms with Gasteiger partial charge in [-0.05, 0) is 46.2 Å². The Labute approximate surface area is 274 Å². The Morgan fingerprint density at radius 2 is 0.933 bits per heavy atom. The van der Waals surface area contributed by atoms with E-state index in [1.165, 1.54) is 12.1 Å². The van der Waals surface area contributed by atoms with Crippen LogP contribution >= 0.6 is 31.9 Å². The predicted octanol–water partition coefficient (Wildman–Crippen LogP) is 9.35. The molecule has 0 aromatic heterocycles. The summed E-state index contributed by atoms with van der Waals surface area (Å²) in [4.78, 5) is 23.0. The van der Waals surface area contributed by atoms with E-state index in [9.17, 15) is 20.2 Å². The van der Waals surface area contributed by atoms with Crippen LogP contribution in [0, 0.1) is 20.2 Å². The summed E-state index contributed by atoms with van der Waals surface area (Å²) in [6.45, 7) is 0. The smallest absolute Gasteiger partial charge is 0.258 e. The number of sulfone groups is 1. The first kappa shape index (κ1) is 30.6. The van der Waals surface area contributed by atoms with Gasteiger partial charge in [0.05, 0.1) is 19.6 Å². The SMILES string of the molecule is O=[N+]([O-])c1ccc(Br)cc1Cc1ccc2ccccc2c1S(=O)(=O)c1c(Cc2cc(Br)ccc2[N+](=O)[O-])ccc2ccccc12. The molecule has 0 aliphatic carbocycles. The highest BCUT2D eigenvalue weighted by atomic mass is 79.9. The van der Waals surface area contributed by atoms with E-state index in [1.54, 1.807) is 60.7 Å². The lowest BCUT2D eigenvalue weighted by molar-refractivity contribution is -0.385. The van der Waals surface area contributed by atoms with Crippen LogP contribution in [0.4, 0.5) is 11.4 Å². The lowest BCUT2D eigenvalue weighted by atomic mass is 9.99. The van der Waals surface area contributed by atoms with Gasteiger partial charge in [0.1, 0.15) is 0 Å². The molecule has 224 valence electrons. The zero-order valence-electron chi connectivity index (χ0n) is 23.3. The molecule has 8 nitrogen and oxygen atoms in total. The first-order valence-corrected chi connectivity index (χ1v) is 16.7. The van der Waals surface area contributed by atoms with Gasteiger partial charge in [-0.1, -0.05) is 105 Å². The van der Waals surface area contributed by atoms with E-state index >= 15 is 8.42 Å². The Hall–Kier alpha value is -4.45. The maximum Gasteiger partial charge on any atom is 0.272 e. The molecule has 0 N–H and O–H groups in total. The van der Waals surface area contributed by atoms with Crippen LogP contribution < -0.4 is 0 Å². The first-order chi connectivity index (χ1) is 21.5. The first-order valence-electron chi connectivity index (χ1n) is 13.7. The van der Waals surface area contributed by atoms with Gasteiger partial charge in [0, 0.05) is 55.8 Å². The van der Waals surface area contributed by atoms with Gasteiger partial charge in [0.15, 0.2) is 0 Å². The Morgan fingerprint density at radius 3 is 1.33 bits per heavy atom. The summed E-state index contributed by atoms with van der Waals surface area (Å²) >= 11 is 6.78. The Balaban J connectivity index is 1.64. The van der Waals surface area contributed by atoms with Crippen molar-refractivity contribution in [1.82, 2.24) is 0 Å². The Morgan fingerprint density at radius 1 is 0.533 bits per heavy atom. The molecular formula is C34H22Br2N2O6S. The highest BCUT2D eigenvalue weighted by Crippen LogP contribution is 2.40. The zero-order valence-corrected chi connectivity index (χ0v) is 27.3. The molecule has 0 saturated carbocycles. The third kappa shape index (κ3) is 5.86. The third-order valence-electron chi connectivity index (χ3n) is 7.70. The van der Waals surface area contributed by atoms with Crippen LogP contribution in [0.5, 0.6) is 0 Å². The maximum atomic E-state index is 15.2. The quantitative estimate of drug-likeness (QED) is 0.113. The van der Waals surface area contributed by atoms with Gasteiger partial charge in [-0.15, -0.1) is 0 Å². The molecule has 6 rings (SSSR count). The number of fused-ring (bicyclic) bond motifs is 2. The van der Waals surface area contributed by atoms with Crippen molar-refractivity contribution in [3.63, 3.8) is 0 Å². The molecule has 0 bridgehead atoms. The van der Waals surface area contributed by atoms with Crippen molar-refractivity contribution in [2.24, 2.45) is 0 Å².